The zero-order valence-corrected chi connectivity index (χ0v) is 22.7. The third-order valence-corrected chi connectivity index (χ3v) is 7.36. The van der Waals surface area contributed by atoms with Crippen molar-refractivity contribution in [2.24, 2.45) is 0 Å². The SMILES string of the molecule is C[C@H](N(Cc1ccc(F)cc1)C(=O)CN1C(=O)O[C@]2(CCc3cc(NC(=O)Nc4cccnc4)ccc32)C1=O)C(F)(F)F. The van der Waals surface area contributed by atoms with Gasteiger partial charge in [-0.2, -0.15) is 13.2 Å². The van der Waals surface area contributed by atoms with Gasteiger partial charge in [0.25, 0.3) is 5.91 Å². The zero-order valence-electron chi connectivity index (χ0n) is 22.7. The predicted molar refractivity (Wildman–Crippen MR) is 144 cm³/mol. The van der Waals surface area contributed by atoms with Crippen molar-refractivity contribution in [3.63, 3.8) is 0 Å². The lowest BCUT2D eigenvalue weighted by atomic mass is 9.94. The van der Waals surface area contributed by atoms with E-state index in [1.54, 1.807) is 24.4 Å². The Morgan fingerprint density at radius 2 is 1.81 bits per heavy atom. The molecular formula is C29H25F4N5O5. The Morgan fingerprint density at radius 3 is 2.49 bits per heavy atom. The number of halogens is 4. The van der Waals surface area contributed by atoms with E-state index in [1.165, 1.54) is 30.5 Å². The van der Waals surface area contributed by atoms with Gasteiger partial charge in [-0.05, 0) is 60.9 Å². The fourth-order valence-electron chi connectivity index (χ4n) is 5.09. The van der Waals surface area contributed by atoms with Gasteiger partial charge in [0.05, 0.1) is 11.9 Å². The summed E-state index contributed by atoms with van der Waals surface area (Å²) in [5, 5.41) is 5.29. The number of amides is 5. The molecule has 14 heteroatoms. The lowest BCUT2D eigenvalue weighted by Crippen LogP contribution is -2.51. The smallest absolute Gasteiger partial charge is 0.418 e. The van der Waals surface area contributed by atoms with Crippen LogP contribution in [0.1, 0.15) is 30.0 Å². The largest absolute Gasteiger partial charge is 0.427 e. The van der Waals surface area contributed by atoms with Crippen molar-refractivity contribution in [3.8, 4) is 0 Å². The summed E-state index contributed by atoms with van der Waals surface area (Å²) < 4.78 is 59.8. The first-order valence-electron chi connectivity index (χ1n) is 13.1. The Balaban J connectivity index is 1.31. The molecule has 10 nitrogen and oxygen atoms in total. The van der Waals surface area contributed by atoms with Crippen LogP contribution in [0.4, 0.5) is 38.5 Å². The number of hydrogen-bond acceptors (Lipinski definition) is 6. The van der Waals surface area contributed by atoms with Crippen LogP contribution in [0.5, 0.6) is 0 Å². The second-order valence-corrected chi connectivity index (χ2v) is 10.1. The number of ether oxygens (including phenoxy) is 1. The number of alkyl halides is 3. The summed E-state index contributed by atoms with van der Waals surface area (Å²) in [6.07, 6.45) is -2.61. The van der Waals surface area contributed by atoms with Gasteiger partial charge >= 0.3 is 18.3 Å². The van der Waals surface area contributed by atoms with Crippen LogP contribution in [0.25, 0.3) is 0 Å². The number of carbonyl (C=O) groups is 4. The molecule has 0 saturated carbocycles. The number of pyridine rings is 1. The number of nitrogens with one attached hydrogen (secondary N) is 2. The molecule has 224 valence electrons. The van der Waals surface area contributed by atoms with Crippen LogP contribution in [0, 0.1) is 5.82 Å². The van der Waals surface area contributed by atoms with Gasteiger partial charge in [-0.25, -0.2) is 18.9 Å². The molecule has 5 amide bonds. The van der Waals surface area contributed by atoms with Gasteiger partial charge in [-0.1, -0.05) is 18.2 Å². The van der Waals surface area contributed by atoms with Crippen LogP contribution in [0.2, 0.25) is 0 Å². The van der Waals surface area contributed by atoms with Crippen LogP contribution in [0.3, 0.4) is 0 Å². The quantitative estimate of drug-likeness (QED) is 0.371. The van der Waals surface area contributed by atoms with Crippen LogP contribution in [-0.4, -0.2) is 57.5 Å². The van der Waals surface area contributed by atoms with Crippen LogP contribution >= 0.6 is 0 Å². The molecule has 1 spiro atoms. The molecule has 2 heterocycles. The number of benzene rings is 2. The monoisotopic (exact) mass is 599 g/mol. The molecule has 2 atom stereocenters. The Hall–Kier alpha value is -5.01. The molecule has 5 rings (SSSR count). The van der Waals surface area contributed by atoms with E-state index in [-0.39, 0.29) is 18.4 Å². The van der Waals surface area contributed by atoms with Gasteiger partial charge in [0.1, 0.15) is 18.4 Å². The van der Waals surface area contributed by atoms with Gasteiger partial charge in [0.2, 0.25) is 11.5 Å². The molecule has 2 N–H and O–H groups in total. The second-order valence-electron chi connectivity index (χ2n) is 10.1. The maximum Gasteiger partial charge on any atom is 0.418 e. The van der Waals surface area contributed by atoms with Gasteiger partial charge in [0, 0.05) is 30.4 Å². The van der Waals surface area contributed by atoms with Gasteiger partial charge in [-0.15, -0.1) is 0 Å². The third-order valence-electron chi connectivity index (χ3n) is 7.36. The average Bonchev–Trinajstić information content (AvgIpc) is 3.43. The number of urea groups is 1. The van der Waals surface area contributed by atoms with E-state index in [4.69, 9.17) is 4.74 Å². The summed E-state index contributed by atoms with van der Waals surface area (Å²) in [7, 11) is 0. The minimum atomic E-state index is -4.81. The number of nitrogens with zero attached hydrogens (tertiary/aromatic N) is 3. The molecule has 1 aliphatic heterocycles. The first-order valence-corrected chi connectivity index (χ1v) is 13.1. The van der Waals surface area contributed by atoms with Crippen LogP contribution in [0.15, 0.2) is 67.0 Å². The molecular weight excluding hydrogens is 574 g/mol. The summed E-state index contributed by atoms with van der Waals surface area (Å²) in [6.45, 7) is -0.734. The predicted octanol–water partition coefficient (Wildman–Crippen LogP) is 4.96. The van der Waals surface area contributed by atoms with Crippen molar-refractivity contribution >= 4 is 35.3 Å². The van der Waals surface area contributed by atoms with Crippen molar-refractivity contribution in [3.05, 3.63) is 89.5 Å². The van der Waals surface area contributed by atoms with E-state index in [2.05, 4.69) is 15.6 Å². The Morgan fingerprint density at radius 1 is 1.09 bits per heavy atom. The van der Waals surface area contributed by atoms with E-state index in [1.807, 2.05) is 0 Å². The lowest BCUT2D eigenvalue weighted by Gasteiger charge is -2.31. The highest BCUT2D eigenvalue weighted by Gasteiger charge is 2.58. The van der Waals surface area contributed by atoms with Crippen molar-refractivity contribution in [1.29, 1.82) is 0 Å². The minimum Gasteiger partial charge on any atom is -0.427 e. The molecule has 2 aromatic carbocycles. The van der Waals surface area contributed by atoms with Crippen molar-refractivity contribution in [2.45, 2.75) is 44.1 Å². The number of hydrogen-bond donors (Lipinski definition) is 2. The standard InChI is InChI=1S/C29H25F4N5O5/c1-17(29(31,32)33)37(15-18-4-6-20(30)7-5-18)24(39)16-38-25(40)28(43-27(38)42)11-10-19-13-21(8-9-23(19)28)35-26(41)36-22-3-2-12-34-14-22/h2-9,12-14,17H,10-11,15-16H2,1H3,(H2,35,36,41)/t17-,28-/m0/s1. The summed E-state index contributed by atoms with van der Waals surface area (Å²) >= 11 is 0. The first kappa shape index (κ1) is 29.5. The van der Waals surface area contributed by atoms with Crippen LogP contribution < -0.4 is 10.6 Å². The summed E-state index contributed by atoms with van der Waals surface area (Å²) in [5.74, 6) is -2.62. The van der Waals surface area contributed by atoms with Gasteiger partial charge in [0.15, 0.2) is 0 Å². The molecule has 0 unspecified atom stereocenters. The number of anilines is 2. The Bertz CT molecular complexity index is 1570. The Kier molecular flexibility index (Phi) is 7.78. The minimum absolute atomic E-state index is 0.0428. The van der Waals surface area contributed by atoms with E-state index in [0.29, 0.717) is 32.3 Å². The van der Waals surface area contributed by atoms with Crippen molar-refractivity contribution < 1.29 is 41.5 Å². The molecule has 43 heavy (non-hydrogen) atoms. The van der Waals surface area contributed by atoms with E-state index >= 15 is 0 Å². The summed E-state index contributed by atoms with van der Waals surface area (Å²) in [5.41, 5.74) is 0.308. The summed E-state index contributed by atoms with van der Waals surface area (Å²) in [4.78, 5) is 56.8. The van der Waals surface area contributed by atoms with Crippen LogP contribution in [-0.2, 0) is 32.9 Å². The highest BCUT2D eigenvalue weighted by Crippen LogP contribution is 2.46. The molecule has 1 fully saturated rings. The molecule has 1 aromatic heterocycles. The normalized spacial score (nSPS) is 18.3. The Labute approximate surface area is 242 Å². The average molecular weight is 600 g/mol. The maximum atomic E-state index is 13.7. The number of aryl methyl sites for hydroxylation is 1. The molecule has 0 bridgehead atoms. The molecule has 2 aliphatic rings. The third kappa shape index (κ3) is 5.98. The topological polar surface area (TPSA) is 121 Å². The summed E-state index contributed by atoms with van der Waals surface area (Å²) in [6, 6.07) is 9.74. The molecule has 1 aliphatic carbocycles. The fourth-order valence-corrected chi connectivity index (χ4v) is 5.09. The van der Waals surface area contributed by atoms with E-state index in [0.717, 1.165) is 19.1 Å². The number of imide groups is 1. The van der Waals surface area contributed by atoms with Crippen molar-refractivity contribution in [2.75, 3.05) is 17.2 Å². The van der Waals surface area contributed by atoms with E-state index in [9.17, 15) is 36.7 Å². The number of rotatable bonds is 7. The molecule has 0 radical (unpaired) electrons. The maximum absolute atomic E-state index is 13.7. The van der Waals surface area contributed by atoms with Crippen molar-refractivity contribution in [1.82, 2.24) is 14.8 Å². The number of fused-ring (bicyclic) bond motifs is 2. The molecule has 1 saturated heterocycles. The highest BCUT2D eigenvalue weighted by molar-refractivity contribution is 6.06. The molecule has 3 aromatic rings. The number of aromatic nitrogens is 1. The lowest BCUT2D eigenvalue weighted by molar-refractivity contribution is -0.187. The first-order chi connectivity index (χ1) is 20.4. The van der Waals surface area contributed by atoms with E-state index < -0.39 is 60.7 Å². The van der Waals surface area contributed by atoms with Gasteiger partial charge in [-0.3, -0.25) is 14.6 Å². The van der Waals surface area contributed by atoms with Gasteiger partial charge < -0.3 is 20.3 Å². The number of carbonyl (C=O) groups excluding carboxylic acids is 4. The highest BCUT2D eigenvalue weighted by atomic mass is 19.4. The zero-order chi connectivity index (χ0) is 30.9. The fraction of sp³-hybridized carbons (Fsp3) is 0.276. The second kappa shape index (κ2) is 11.3.